The van der Waals surface area contributed by atoms with Crippen molar-refractivity contribution in [1.82, 2.24) is 0 Å². The molecule has 15 heavy (non-hydrogen) atoms. The second-order valence-corrected chi connectivity index (χ2v) is 4.99. The van der Waals surface area contributed by atoms with E-state index in [2.05, 4.69) is 23.6 Å². The van der Waals surface area contributed by atoms with Gasteiger partial charge in [0.25, 0.3) is 0 Å². The van der Waals surface area contributed by atoms with Gasteiger partial charge in [-0.15, -0.1) is 22.7 Å². The predicted molar refractivity (Wildman–Crippen MR) is 66.9 cm³/mol. The highest BCUT2D eigenvalue weighted by atomic mass is 32.1. The molecule has 0 radical (unpaired) electrons. The number of allylic oxidation sites excluding steroid dienone is 2. The van der Waals surface area contributed by atoms with Crippen LogP contribution < -0.4 is 0 Å². The minimum absolute atomic E-state index is 0.753. The largest absolute Gasteiger partial charge is 0.192 e. The van der Waals surface area contributed by atoms with Gasteiger partial charge in [0.05, 0.1) is 5.57 Å². The lowest BCUT2D eigenvalue weighted by Gasteiger charge is -1.90. The molecule has 0 fully saturated rings. The van der Waals surface area contributed by atoms with Crippen molar-refractivity contribution in [2.24, 2.45) is 0 Å². The Morgan fingerprint density at radius 2 is 2.20 bits per heavy atom. The summed E-state index contributed by atoms with van der Waals surface area (Å²) in [5, 5.41) is 11.0. The molecule has 0 N–H and O–H groups in total. The minimum Gasteiger partial charge on any atom is -0.192 e. The first kappa shape index (κ1) is 10.2. The van der Waals surface area contributed by atoms with Crippen LogP contribution >= 0.6 is 22.7 Å². The molecule has 0 aromatic carbocycles. The van der Waals surface area contributed by atoms with Gasteiger partial charge in [-0.1, -0.05) is 12.1 Å². The second kappa shape index (κ2) is 4.43. The molecular formula is C12H9NS2. The molecule has 3 heteroatoms. The molecule has 0 saturated heterocycles. The molecule has 1 nitrogen and oxygen atoms in total. The predicted octanol–water partition coefficient (Wildman–Crippen LogP) is 4.40. The third-order valence-corrected chi connectivity index (χ3v) is 4.23. The Kier molecular flexibility index (Phi) is 3.00. The summed E-state index contributed by atoms with van der Waals surface area (Å²) in [6.07, 6.45) is 1.85. The lowest BCUT2D eigenvalue weighted by Crippen LogP contribution is -1.70. The van der Waals surface area contributed by atoms with E-state index < -0.39 is 0 Å². The Hall–Kier alpha value is -1.37. The van der Waals surface area contributed by atoms with Crippen LogP contribution in [0.4, 0.5) is 0 Å². The molecule has 0 atom stereocenters. The van der Waals surface area contributed by atoms with E-state index in [1.807, 2.05) is 25.1 Å². The number of nitrogens with zero attached hydrogens (tertiary/aromatic N) is 1. The van der Waals surface area contributed by atoms with Gasteiger partial charge in [0.15, 0.2) is 0 Å². The zero-order chi connectivity index (χ0) is 10.7. The monoisotopic (exact) mass is 231 g/mol. The van der Waals surface area contributed by atoms with Crippen molar-refractivity contribution >= 4 is 28.2 Å². The quantitative estimate of drug-likeness (QED) is 0.703. The molecule has 74 valence electrons. The van der Waals surface area contributed by atoms with Gasteiger partial charge in [0.2, 0.25) is 0 Å². The maximum Gasteiger partial charge on any atom is 0.100 e. The highest BCUT2D eigenvalue weighted by Gasteiger charge is 2.06. The first-order chi connectivity index (χ1) is 7.35. The average molecular weight is 231 g/mol. The SMILES string of the molecule is C/C=C(\C#N)c1ccc(-c2cccs2)s1. The van der Waals surface area contributed by atoms with Gasteiger partial charge >= 0.3 is 0 Å². The van der Waals surface area contributed by atoms with Crippen molar-refractivity contribution in [2.45, 2.75) is 6.92 Å². The van der Waals surface area contributed by atoms with E-state index in [1.54, 1.807) is 22.7 Å². The topological polar surface area (TPSA) is 23.8 Å². The van der Waals surface area contributed by atoms with Crippen molar-refractivity contribution in [2.75, 3.05) is 0 Å². The summed E-state index contributed by atoms with van der Waals surface area (Å²) in [5.74, 6) is 0. The lowest BCUT2D eigenvalue weighted by atomic mass is 10.2. The molecule has 0 amide bonds. The molecule has 0 unspecified atom stereocenters. The van der Waals surface area contributed by atoms with Crippen molar-refractivity contribution in [3.05, 3.63) is 40.6 Å². The van der Waals surface area contributed by atoms with Crippen molar-refractivity contribution in [1.29, 1.82) is 5.26 Å². The molecule has 2 rings (SSSR count). The van der Waals surface area contributed by atoms with Crippen molar-refractivity contribution in [3.63, 3.8) is 0 Å². The van der Waals surface area contributed by atoms with Crippen LogP contribution in [0.15, 0.2) is 35.7 Å². The third-order valence-electron chi connectivity index (χ3n) is 2.04. The van der Waals surface area contributed by atoms with Crippen LogP contribution in [0.3, 0.4) is 0 Å². The zero-order valence-corrected chi connectivity index (χ0v) is 9.86. The number of thiophene rings is 2. The van der Waals surface area contributed by atoms with Crippen molar-refractivity contribution in [3.8, 4) is 15.8 Å². The maximum absolute atomic E-state index is 8.91. The van der Waals surface area contributed by atoms with Crippen molar-refractivity contribution < 1.29 is 0 Å². The Bertz CT molecular complexity index is 512. The molecule has 0 spiro atoms. The Balaban J connectivity index is 2.38. The van der Waals surface area contributed by atoms with Gasteiger partial charge in [-0.2, -0.15) is 5.26 Å². The standard InChI is InChI=1S/C12H9NS2/c1-2-9(8-13)10-5-6-12(15-10)11-4-3-7-14-11/h2-7H,1H3/b9-2+. The molecule has 0 saturated carbocycles. The Morgan fingerprint density at radius 3 is 2.80 bits per heavy atom. The van der Waals surface area contributed by atoms with Crippen LogP contribution in [0, 0.1) is 11.3 Å². The normalized spacial score (nSPS) is 11.3. The molecule has 0 aliphatic carbocycles. The van der Waals surface area contributed by atoms with Gasteiger partial charge < -0.3 is 0 Å². The van der Waals surface area contributed by atoms with Crippen LogP contribution in [-0.2, 0) is 0 Å². The summed E-state index contributed by atoms with van der Waals surface area (Å²) >= 11 is 3.39. The summed E-state index contributed by atoms with van der Waals surface area (Å²) < 4.78 is 0. The van der Waals surface area contributed by atoms with Gasteiger partial charge in [-0.25, -0.2) is 0 Å². The van der Waals surface area contributed by atoms with E-state index in [-0.39, 0.29) is 0 Å². The summed E-state index contributed by atoms with van der Waals surface area (Å²) in [6.45, 7) is 1.89. The summed E-state index contributed by atoms with van der Waals surface area (Å²) in [5.41, 5.74) is 0.753. The Labute approximate surface area is 96.9 Å². The van der Waals surface area contributed by atoms with E-state index in [9.17, 15) is 0 Å². The first-order valence-corrected chi connectivity index (χ1v) is 6.25. The van der Waals surface area contributed by atoms with Gasteiger partial charge in [0.1, 0.15) is 6.07 Å². The second-order valence-electron chi connectivity index (χ2n) is 2.96. The molecular weight excluding hydrogens is 222 g/mol. The van der Waals surface area contributed by atoms with E-state index in [0.29, 0.717) is 0 Å². The Morgan fingerprint density at radius 1 is 1.33 bits per heavy atom. The van der Waals surface area contributed by atoms with Crippen LogP contribution in [0.25, 0.3) is 15.3 Å². The highest BCUT2D eigenvalue weighted by molar-refractivity contribution is 7.21. The van der Waals surface area contributed by atoms with E-state index in [4.69, 9.17) is 5.26 Å². The molecule has 0 aliphatic heterocycles. The highest BCUT2D eigenvalue weighted by Crippen LogP contribution is 2.34. The number of hydrogen-bond acceptors (Lipinski definition) is 3. The van der Waals surface area contributed by atoms with Crippen LogP contribution in [0.5, 0.6) is 0 Å². The number of nitriles is 1. The van der Waals surface area contributed by atoms with E-state index >= 15 is 0 Å². The van der Waals surface area contributed by atoms with E-state index in [1.165, 1.54) is 9.75 Å². The molecule has 2 heterocycles. The fraction of sp³-hybridized carbons (Fsp3) is 0.0833. The summed E-state index contributed by atoms with van der Waals surface area (Å²) in [4.78, 5) is 3.54. The van der Waals surface area contributed by atoms with Gasteiger partial charge in [-0.05, 0) is 30.5 Å². The van der Waals surface area contributed by atoms with Crippen LogP contribution in [0.1, 0.15) is 11.8 Å². The summed E-state index contributed by atoms with van der Waals surface area (Å²) in [7, 11) is 0. The zero-order valence-electron chi connectivity index (χ0n) is 8.23. The first-order valence-electron chi connectivity index (χ1n) is 4.55. The molecule has 0 aliphatic rings. The van der Waals surface area contributed by atoms with Gasteiger partial charge in [-0.3, -0.25) is 0 Å². The lowest BCUT2D eigenvalue weighted by molar-refractivity contribution is 1.53. The minimum atomic E-state index is 0.753. The van der Waals surface area contributed by atoms with E-state index in [0.717, 1.165) is 10.5 Å². The number of rotatable bonds is 2. The fourth-order valence-corrected chi connectivity index (χ4v) is 3.16. The maximum atomic E-state index is 8.91. The fourth-order valence-electron chi connectivity index (χ4n) is 1.30. The van der Waals surface area contributed by atoms with Crippen LogP contribution in [-0.4, -0.2) is 0 Å². The number of hydrogen-bond donors (Lipinski definition) is 0. The van der Waals surface area contributed by atoms with Gasteiger partial charge in [0, 0.05) is 14.6 Å². The molecule has 2 aromatic rings. The molecule has 0 bridgehead atoms. The third kappa shape index (κ3) is 2.01. The average Bonchev–Trinajstić information content (AvgIpc) is 2.89. The summed E-state index contributed by atoms with van der Waals surface area (Å²) in [6, 6.07) is 10.4. The van der Waals surface area contributed by atoms with Crippen LogP contribution in [0.2, 0.25) is 0 Å². The molecule has 2 aromatic heterocycles. The smallest absolute Gasteiger partial charge is 0.100 e.